The van der Waals surface area contributed by atoms with Crippen LogP contribution in [-0.4, -0.2) is 15.0 Å². The summed E-state index contributed by atoms with van der Waals surface area (Å²) in [6.07, 6.45) is 1.77. The molecular formula is C18H18ClN5. The van der Waals surface area contributed by atoms with Crippen LogP contribution in [0.1, 0.15) is 17.0 Å². The molecule has 2 aromatic heterocycles. The molecule has 24 heavy (non-hydrogen) atoms. The van der Waals surface area contributed by atoms with Gasteiger partial charge in [0.25, 0.3) is 0 Å². The molecule has 0 amide bonds. The predicted octanol–water partition coefficient (Wildman–Crippen LogP) is 4.50. The molecule has 0 unspecified atom stereocenters. The van der Waals surface area contributed by atoms with Crippen molar-refractivity contribution in [2.24, 2.45) is 0 Å². The molecule has 2 N–H and O–H groups in total. The molecule has 0 aliphatic heterocycles. The van der Waals surface area contributed by atoms with E-state index >= 15 is 0 Å². The average molecular weight is 340 g/mol. The van der Waals surface area contributed by atoms with Crippen LogP contribution in [0.25, 0.3) is 0 Å². The standard InChI is InChI=1S/C18H18ClN5/c1-12-6-7-14(10-16(12)19)23-17-9-13(2)22-18(24-17)21-11-15-5-3-4-8-20-15/h3-10H,11H2,1-2H3,(H2,21,22,23,24). The van der Waals surface area contributed by atoms with Crippen molar-refractivity contribution < 1.29 is 0 Å². The normalized spacial score (nSPS) is 10.5. The van der Waals surface area contributed by atoms with E-state index in [0.29, 0.717) is 18.3 Å². The largest absolute Gasteiger partial charge is 0.349 e. The molecule has 3 aromatic rings. The first kappa shape index (κ1) is 16.2. The maximum atomic E-state index is 6.17. The van der Waals surface area contributed by atoms with Gasteiger partial charge in [0.15, 0.2) is 0 Å². The molecule has 3 rings (SSSR count). The number of anilines is 3. The molecule has 0 spiro atoms. The summed E-state index contributed by atoms with van der Waals surface area (Å²) in [5.41, 5.74) is 3.73. The SMILES string of the molecule is Cc1cc(Nc2ccc(C)c(Cl)c2)nc(NCc2ccccn2)n1. The van der Waals surface area contributed by atoms with E-state index in [1.54, 1.807) is 6.20 Å². The number of benzene rings is 1. The molecule has 0 saturated carbocycles. The summed E-state index contributed by atoms with van der Waals surface area (Å²) in [6.45, 7) is 4.47. The van der Waals surface area contributed by atoms with E-state index < -0.39 is 0 Å². The van der Waals surface area contributed by atoms with Gasteiger partial charge in [0.1, 0.15) is 5.82 Å². The Bertz CT molecular complexity index is 836. The van der Waals surface area contributed by atoms with Gasteiger partial charge in [0, 0.05) is 28.7 Å². The second kappa shape index (κ2) is 7.27. The molecule has 0 aliphatic carbocycles. The smallest absolute Gasteiger partial charge is 0.225 e. The van der Waals surface area contributed by atoms with Crippen LogP contribution < -0.4 is 10.6 Å². The molecule has 2 heterocycles. The lowest BCUT2D eigenvalue weighted by atomic mass is 10.2. The third-order valence-corrected chi connectivity index (χ3v) is 3.86. The first-order valence-electron chi connectivity index (χ1n) is 7.63. The third-order valence-electron chi connectivity index (χ3n) is 3.45. The van der Waals surface area contributed by atoms with Crippen LogP contribution in [-0.2, 0) is 6.54 Å². The number of aryl methyl sites for hydroxylation is 2. The Morgan fingerprint density at radius 2 is 1.92 bits per heavy atom. The minimum atomic E-state index is 0.557. The Balaban J connectivity index is 1.74. The first-order chi connectivity index (χ1) is 11.6. The lowest BCUT2D eigenvalue weighted by Gasteiger charge is -2.10. The van der Waals surface area contributed by atoms with Crippen molar-refractivity contribution in [3.05, 3.63) is 70.6 Å². The zero-order chi connectivity index (χ0) is 16.9. The molecule has 6 heteroatoms. The van der Waals surface area contributed by atoms with Crippen molar-refractivity contribution in [2.45, 2.75) is 20.4 Å². The summed E-state index contributed by atoms with van der Waals surface area (Å²) in [6, 6.07) is 13.5. The topological polar surface area (TPSA) is 62.7 Å². The minimum absolute atomic E-state index is 0.557. The Morgan fingerprint density at radius 1 is 1.04 bits per heavy atom. The average Bonchev–Trinajstić information content (AvgIpc) is 2.57. The van der Waals surface area contributed by atoms with Crippen LogP contribution in [0.15, 0.2) is 48.7 Å². The van der Waals surface area contributed by atoms with Gasteiger partial charge in [-0.1, -0.05) is 23.7 Å². The first-order valence-corrected chi connectivity index (χ1v) is 8.00. The summed E-state index contributed by atoms with van der Waals surface area (Å²) in [5, 5.41) is 7.18. The molecule has 0 saturated heterocycles. The number of hydrogen-bond acceptors (Lipinski definition) is 5. The molecule has 0 bridgehead atoms. The van der Waals surface area contributed by atoms with E-state index in [2.05, 4.69) is 25.6 Å². The fourth-order valence-corrected chi connectivity index (χ4v) is 2.38. The van der Waals surface area contributed by atoms with Crippen LogP contribution in [0.3, 0.4) is 0 Å². The summed E-state index contributed by atoms with van der Waals surface area (Å²) >= 11 is 6.17. The molecular weight excluding hydrogens is 322 g/mol. The maximum absolute atomic E-state index is 6.17. The van der Waals surface area contributed by atoms with E-state index in [9.17, 15) is 0 Å². The van der Waals surface area contributed by atoms with Crippen molar-refractivity contribution in [2.75, 3.05) is 10.6 Å². The molecule has 0 atom stereocenters. The van der Waals surface area contributed by atoms with Crippen LogP contribution in [0, 0.1) is 13.8 Å². The van der Waals surface area contributed by atoms with Crippen molar-refractivity contribution >= 4 is 29.1 Å². The van der Waals surface area contributed by atoms with E-state index in [-0.39, 0.29) is 0 Å². The van der Waals surface area contributed by atoms with E-state index in [1.165, 1.54) is 0 Å². The van der Waals surface area contributed by atoms with Crippen LogP contribution >= 0.6 is 11.6 Å². The Labute approximate surface area is 146 Å². The van der Waals surface area contributed by atoms with Crippen LogP contribution in [0.5, 0.6) is 0 Å². The maximum Gasteiger partial charge on any atom is 0.225 e. The second-order valence-electron chi connectivity index (χ2n) is 5.48. The van der Waals surface area contributed by atoms with Gasteiger partial charge in [-0.15, -0.1) is 0 Å². The predicted molar refractivity (Wildman–Crippen MR) is 97.8 cm³/mol. The highest BCUT2D eigenvalue weighted by Crippen LogP contribution is 2.23. The van der Waals surface area contributed by atoms with Gasteiger partial charge in [0.2, 0.25) is 5.95 Å². The Morgan fingerprint density at radius 3 is 2.67 bits per heavy atom. The molecule has 0 aliphatic rings. The van der Waals surface area contributed by atoms with Gasteiger partial charge in [-0.25, -0.2) is 4.98 Å². The third kappa shape index (κ3) is 4.20. The Kier molecular flexibility index (Phi) is 4.91. The quantitative estimate of drug-likeness (QED) is 0.716. The fourth-order valence-electron chi connectivity index (χ4n) is 2.20. The van der Waals surface area contributed by atoms with Gasteiger partial charge < -0.3 is 10.6 Å². The van der Waals surface area contributed by atoms with Crippen LogP contribution in [0.4, 0.5) is 17.5 Å². The van der Waals surface area contributed by atoms with Crippen molar-refractivity contribution in [1.82, 2.24) is 15.0 Å². The second-order valence-corrected chi connectivity index (χ2v) is 5.89. The number of pyridine rings is 1. The monoisotopic (exact) mass is 339 g/mol. The minimum Gasteiger partial charge on any atom is -0.349 e. The van der Waals surface area contributed by atoms with Gasteiger partial charge in [0.05, 0.1) is 12.2 Å². The molecule has 0 radical (unpaired) electrons. The zero-order valence-corrected chi connectivity index (χ0v) is 14.3. The van der Waals surface area contributed by atoms with Crippen molar-refractivity contribution in [1.29, 1.82) is 0 Å². The van der Waals surface area contributed by atoms with Crippen molar-refractivity contribution in [3.8, 4) is 0 Å². The highest BCUT2D eigenvalue weighted by molar-refractivity contribution is 6.31. The number of nitrogens with zero attached hydrogens (tertiary/aromatic N) is 3. The summed E-state index contributed by atoms with van der Waals surface area (Å²) in [7, 11) is 0. The molecule has 0 fully saturated rings. The number of aromatic nitrogens is 3. The van der Waals surface area contributed by atoms with E-state index in [4.69, 9.17) is 11.6 Å². The number of halogens is 1. The van der Waals surface area contributed by atoms with Gasteiger partial charge in [-0.05, 0) is 43.7 Å². The highest BCUT2D eigenvalue weighted by atomic mass is 35.5. The van der Waals surface area contributed by atoms with Gasteiger partial charge >= 0.3 is 0 Å². The summed E-state index contributed by atoms with van der Waals surface area (Å²) < 4.78 is 0. The molecule has 1 aromatic carbocycles. The van der Waals surface area contributed by atoms with Gasteiger partial charge in [-0.3, -0.25) is 4.98 Å². The highest BCUT2D eigenvalue weighted by Gasteiger charge is 2.04. The molecule has 122 valence electrons. The molecule has 5 nitrogen and oxygen atoms in total. The summed E-state index contributed by atoms with van der Waals surface area (Å²) in [5.74, 6) is 1.27. The van der Waals surface area contributed by atoms with Crippen molar-refractivity contribution in [3.63, 3.8) is 0 Å². The number of hydrogen-bond donors (Lipinski definition) is 2. The fraction of sp³-hybridized carbons (Fsp3) is 0.167. The Hall–Kier alpha value is -2.66. The lowest BCUT2D eigenvalue weighted by molar-refractivity contribution is 0.991. The van der Waals surface area contributed by atoms with E-state index in [1.807, 2.05) is 56.3 Å². The summed E-state index contributed by atoms with van der Waals surface area (Å²) in [4.78, 5) is 13.2. The zero-order valence-electron chi connectivity index (χ0n) is 13.5. The lowest BCUT2D eigenvalue weighted by Crippen LogP contribution is -2.07. The van der Waals surface area contributed by atoms with Crippen LogP contribution in [0.2, 0.25) is 5.02 Å². The number of nitrogens with one attached hydrogen (secondary N) is 2. The number of rotatable bonds is 5. The van der Waals surface area contributed by atoms with E-state index in [0.717, 1.165) is 27.7 Å². The van der Waals surface area contributed by atoms with Gasteiger partial charge in [-0.2, -0.15) is 4.98 Å².